The van der Waals surface area contributed by atoms with E-state index in [-0.39, 0.29) is 0 Å². The smallest absolute Gasteiger partial charge is 0.279 e. The number of anilines is 1. The lowest BCUT2D eigenvalue weighted by Crippen LogP contribution is -2.04. The Balaban J connectivity index is 1.70. The second-order valence-corrected chi connectivity index (χ2v) is 4.75. The average molecular weight is 316 g/mol. The van der Waals surface area contributed by atoms with Crippen LogP contribution in [0.1, 0.15) is 11.1 Å². The van der Waals surface area contributed by atoms with Crippen LogP contribution in [0.5, 0.6) is 0 Å². The lowest BCUT2D eigenvalue weighted by atomic mass is 10.2. The van der Waals surface area contributed by atoms with Gasteiger partial charge in [0.2, 0.25) is 0 Å². The second kappa shape index (κ2) is 6.04. The topological polar surface area (TPSA) is 50.2 Å². The molecule has 23 heavy (non-hydrogen) atoms. The summed E-state index contributed by atoms with van der Waals surface area (Å²) in [4.78, 5) is 8.35. The van der Waals surface area contributed by atoms with E-state index in [0.29, 0.717) is 5.69 Å². The lowest BCUT2D eigenvalue weighted by Gasteiger charge is -2.07. The predicted octanol–water partition coefficient (Wildman–Crippen LogP) is 4.09. The summed E-state index contributed by atoms with van der Waals surface area (Å²) < 4.78 is 37.4. The van der Waals surface area contributed by atoms with Crippen LogP contribution in [0.15, 0.2) is 60.0 Å². The number of nitrogens with one attached hydrogen (secondary N) is 1. The fraction of sp³-hybridized carbons (Fsp3) is 0.0625. The molecule has 0 atom stereocenters. The molecule has 0 aliphatic rings. The molecule has 0 saturated carbocycles. The van der Waals surface area contributed by atoms with Crippen LogP contribution < -0.4 is 5.43 Å². The van der Waals surface area contributed by atoms with E-state index in [0.717, 1.165) is 28.7 Å². The van der Waals surface area contributed by atoms with Gasteiger partial charge in [0.25, 0.3) is 0 Å². The van der Waals surface area contributed by atoms with Crippen molar-refractivity contribution in [1.29, 1.82) is 0 Å². The van der Waals surface area contributed by atoms with Gasteiger partial charge in [0.05, 0.1) is 28.5 Å². The molecule has 0 unspecified atom stereocenters. The Morgan fingerprint density at radius 3 is 2.30 bits per heavy atom. The van der Waals surface area contributed by atoms with Gasteiger partial charge in [-0.1, -0.05) is 6.07 Å². The van der Waals surface area contributed by atoms with Gasteiger partial charge in [0, 0.05) is 12.4 Å². The van der Waals surface area contributed by atoms with E-state index in [1.807, 2.05) is 18.2 Å². The Bertz CT molecular complexity index is 842. The van der Waals surface area contributed by atoms with Crippen LogP contribution in [0.4, 0.5) is 18.9 Å². The van der Waals surface area contributed by atoms with E-state index in [1.165, 1.54) is 12.1 Å². The Morgan fingerprint density at radius 1 is 0.913 bits per heavy atom. The molecule has 0 saturated heterocycles. The Morgan fingerprint density at radius 2 is 1.61 bits per heavy atom. The Hall–Kier alpha value is -2.96. The monoisotopic (exact) mass is 316 g/mol. The van der Waals surface area contributed by atoms with Crippen LogP contribution >= 0.6 is 0 Å². The molecular weight excluding hydrogens is 305 g/mol. The summed E-state index contributed by atoms with van der Waals surface area (Å²) in [5, 5.41) is 4.01. The molecule has 0 aliphatic carbocycles. The van der Waals surface area contributed by atoms with E-state index in [1.54, 1.807) is 18.6 Å². The predicted molar refractivity (Wildman–Crippen MR) is 82.2 cm³/mol. The molecule has 116 valence electrons. The minimum Gasteiger partial charge on any atom is -0.279 e. The Labute approximate surface area is 129 Å². The number of rotatable bonds is 3. The highest BCUT2D eigenvalue weighted by Crippen LogP contribution is 2.29. The van der Waals surface area contributed by atoms with Gasteiger partial charge in [0.15, 0.2) is 0 Å². The lowest BCUT2D eigenvalue weighted by molar-refractivity contribution is -0.137. The molecule has 3 aromatic rings. The van der Waals surface area contributed by atoms with Crippen molar-refractivity contribution >= 4 is 22.9 Å². The summed E-state index contributed by atoms with van der Waals surface area (Å²) >= 11 is 0. The summed E-state index contributed by atoms with van der Waals surface area (Å²) in [6.45, 7) is 0. The van der Waals surface area contributed by atoms with E-state index in [2.05, 4.69) is 20.5 Å². The van der Waals surface area contributed by atoms with Crippen LogP contribution in [0.25, 0.3) is 11.0 Å². The van der Waals surface area contributed by atoms with Crippen molar-refractivity contribution in [2.45, 2.75) is 6.18 Å². The van der Waals surface area contributed by atoms with Gasteiger partial charge in [-0.15, -0.1) is 0 Å². The third-order valence-electron chi connectivity index (χ3n) is 3.11. The number of hydrogen-bond acceptors (Lipinski definition) is 4. The second-order valence-electron chi connectivity index (χ2n) is 4.75. The number of halogens is 3. The van der Waals surface area contributed by atoms with Gasteiger partial charge in [-0.2, -0.15) is 18.3 Å². The van der Waals surface area contributed by atoms with Crippen molar-refractivity contribution in [3.05, 3.63) is 66.0 Å². The van der Waals surface area contributed by atoms with Crippen LogP contribution in [0, 0.1) is 0 Å². The standard InChI is InChI=1S/C16H11F3N4/c17-16(18,19)12-2-4-13(5-3-12)23-22-10-11-1-6-14-15(9-11)21-8-7-20-14/h1-10,23H. The first-order valence-corrected chi connectivity index (χ1v) is 6.69. The van der Waals surface area contributed by atoms with Gasteiger partial charge in [-0.25, -0.2) is 0 Å². The maximum absolute atomic E-state index is 12.5. The zero-order valence-electron chi connectivity index (χ0n) is 11.7. The number of hydrogen-bond donors (Lipinski definition) is 1. The normalized spacial score (nSPS) is 12.0. The summed E-state index contributed by atoms with van der Waals surface area (Å²) in [5.74, 6) is 0. The zero-order chi connectivity index (χ0) is 16.3. The molecule has 3 rings (SSSR count). The zero-order valence-corrected chi connectivity index (χ0v) is 11.7. The molecule has 0 fully saturated rings. The largest absolute Gasteiger partial charge is 0.416 e. The summed E-state index contributed by atoms with van der Waals surface area (Å²) in [6, 6.07) is 10.1. The molecule has 7 heteroatoms. The molecule has 1 heterocycles. The first-order chi connectivity index (χ1) is 11.0. The van der Waals surface area contributed by atoms with Crippen LogP contribution in [0.3, 0.4) is 0 Å². The van der Waals surface area contributed by atoms with E-state index in [4.69, 9.17) is 0 Å². The fourth-order valence-corrected chi connectivity index (χ4v) is 1.98. The highest BCUT2D eigenvalue weighted by atomic mass is 19.4. The third kappa shape index (κ3) is 3.63. The average Bonchev–Trinajstić information content (AvgIpc) is 2.54. The van der Waals surface area contributed by atoms with Gasteiger partial charge in [-0.05, 0) is 42.0 Å². The van der Waals surface area contributed by atoms with Crippen molar-refractivity contribution < 1.29 is 13.2 Å². The van der Waals surface area contributed by atoms with Crippen LogP contribution in [-0.2, 0) is 6.18 Å². The summed E-state index contributed by atoms with van der Waals surface area (Å²) in [5.41, 5.74) is 4.78. The highest BCUT2D eigenvalue weighted by molar-refractivity contribution is 5.86. The maximum Gasteiger partial charge on any atom is 0.416 e. The first kappa shape index (κ1) is 15.0. The SMILES string of the molecule is FC(F)(F)c1ccc(NN=Cc2ccc3nccnc3c2)cc1. The van der Waals surface area contributed by atoms with Gasteiger partial charge in [-0.3, -0.25) is 15.4 Å². The number of alkyl halides is 3. The van der Waals surface area contributed by atoms with Gasteiger partial charge < -0.3 is 0 Å². The summed E-state index contributed by atoms with van der Waals surface area (Å²) in [6.07, 6.45) is 0.436. The molecule has 0 aliphatic heterocycles. The number of fused-ring (bicyclic) bond motifs is 1. The molecule has 1 aromatic heterocycles. The minimum absolute atomic E-state index is 0.467. The van der Waals surface area contributed by atoms with Crippen molar-refractivity contribution in [3.63, 3.8) is 0 Å². The molecular formula is C16H11F3N4. The fourth-order valence-electron chi connectivity index (χ4n) is 1.98. The highest BCUT2D eigenvalue weighted by Gasteiger charge is 2.29. The van der Waals surface area contributed by atoms with E-state index >= 15 is 0 Å². The van der Waals surface area contributed by atoms with Crippen molar-refractivity contribution in [3.8, 4) is 0 Å². The van der Waals surface area contributed by atoms with Crippen LogP contribution in [0.2, 0.25) is 0 Å². The van der Waals surface area contributed by atoms with Gasteiger partial charge in [0.1, 0.15) is 0 Å². The molecule has 1 N–H and O–H groups in total. The molecule has 0 spiro atoms. The molecule has 2 aromatic carbocycles. The van der Waals surface area contributed by atoms with E-state index < -0.39 is 11.7 Å². The molecule has 4 nitrogen and oxygen atoms in total. The third-order valence-corrected chi connectivity index (χ3v) is 3.11. The number of nitrogens with zero attached hydrogens (tertiary/aromatic N) is 3. The van der Waals surface area contributed by atoms with Crippen LogP contribution in [-0.4, -0.2) is 16.2 Å². The van der Waals surface area contributed by atoms with Crippen molar-refractivity contribution in [2.24, 2.45) is 5.10 Å². The molecule has 0 bridgehead atoms. The minimum atomic E-state index is -4.34. The molecule has 0 amide bonds. The van der Waals surface area contributed by atoms with Crippen molar-refractivity contribution in [2.75, 3.05) is 5.43 Å². The quantitative estimate of drug-likeness (QED) is 0.585. The Kier molecular flexibility index (Phi) is 3.92. The first-order valence-electron chi connectivity index (χ1n) is 6.69. The number of benzene rings is 2. The van der Waals surface area contributed by atoms with Crippen molar-refractivity contribution in [1.82, 2.24) is 9.97 Å². The molecule has 0 radical (unpaired) electrons. The maximum atomic E-state index is 12.5. The number of hydrazone groups is 1. The number of aromatic nitrogens is 2. The van der Waals surface area contributed by atoms with Gasteiger partial charge >= 0.3 is 6.18 Å². The summed E-state index contributed by atoms with van der Waals surface area (Å²) in [7, 11) is 0. The van der Waals surface area contributed by atoms with E-state index in [9.17, 15) is 13.2 Å².